The van der Waals surface area contributed by atoms with Crippen LogP contribution in [0.2, 0.25) is 10.0 Å². The minimum Gasteiger partial charge on any atom is -0.480 e. The molecule has 222 valence electrons. The molecule has 0 unspecified atom stereocenters. The van der Waals surface area contributed by atoms with E-state index in [1.54, 1.807) is 35.7 Å². The molecule has 1 aromatic heterocycles. The van der Waals surface area contributed by atoms with Gasteiger partial charge in [-0.2, -0.15) is 0 Å². The van der Waals surface area contributed by atoms with Crippen LogP contribution in [-0.2, 0) is 41.4 Å². The number of hydrogen-bond acceptors (Lipinski definition) is 9. The minimum absolute atomic E-state index is 0.122. The van der Waals surface area contributed by atoms with Crippen molar-refractivity contribution in [3.05, 3.63) is 91.7 Å². The van der Waals surface area contributed by atoms with Gasteiger partial charge < -0.3 is 10.0 Å². The number of carboxylic acid groups (broad SMARTS) is 1. The van der Waals surface area contributed by atoms with Crippen molar-refractivity contribution in [3.8, 4) is 11.3 Å². The van der Waals surface area contributed by atoms with Gasteiger partial charge in [0, 0.05) is 21.1 Å². The molecule has 0 spiro atoms. The van der Waals surface area contributed by atoms with E-state index in [0.717, 1.165) is 5.56 Å². The van der Waals surface area contributed by atoms with Crippen LogP contribution in [0.3, 0.4) is 0 Å². The molecule has 3 aromatic carbocycles. The van der Waals surface area contributed by atoms with Crippen LogP contribution in [0.25, 0.3) is 11.3 Å². The number of rotatable bonds is 12. The first-order valence-corrected chi connectivity index (χ1v) is 17.3. The van der Waals surface area contributed by atoms with Gasteiger partial charge in [0.1, 0.15) is 0 Å². The van der Waals surface area contributed by atoms with E-state index < -0.39 is 35.3 Å². The van der Waals surface area contributed by atoms with E-state index in [0.29, 0.717) is 36.6 Å². The quantitative estimate of drug-likeness (QED) is 0.142. The molecule has 1 N–H and O–H groups in total. The predicted molar refractivity (Wildman–Crippen MR) is 159 cm³/mol. The molecule has 0 aliphatic carbocycles. The summed E-state index contributed by atoms with van der Waals surface area (Å²) in [5.74, 6) is -2.47. The molecule has 0 aliphatic rings. The summed E-state index contributed by atoms with van der Waals surface area (Å²) in [7, 11) is -8.58. The lowest BCUT2D eigenvalue weighted by Gasteiger charge is -2.23. The molecule has 4 rings (SSSR count). The first kappa shape index (κ1) is 32.5. The molecule has 0 aliphatic heterocycles. The maximum absolute atomic E-state index is 12.6. The summed E-state index contributed by atoms with van der Waals surface area (Å²) in [6.07, 6.45) is -0.649. The highest BCUT2D eigenvalue weighted by Crippen LogP contribution is 2.53. The topological polar surface area (TPSA) is 123 Å². The zero-order valence-electron chi connectivity index (χ0n) is 20.9. The standard InChI is InChI=1S/C25H18BrCl2F2N2O7PS2/c26-20-9-15(1-2-17(20)12-40(35,38-29)39-30)11-32(18-5-8-21(27)22(28)10-18)25-31-23(13-41-25)16-3-6-19(7-4-16)42(36,37)14-24(33)34/h1-10,13H,11-12,14H2,(H,33,34). The van der Waals surface area contributed by atoms with Crippen molar-refractivity contribution in [2.24, 2.45) is 0 Å². The smallest absolute Gasteiger partial charge is 0.399 e. The van der Waals surface area contributed by atoms with E-state index in [2.05, 4.69) is 25.4 Å². The van der Waals surface area contributed by atoms with Crippen molar-refractivity contribution in [1.29, 1.82) is 0 Å². The molecule has 4 aromatic rings. The number of aliphatic carboxylic acids is 1. The van der Waals surface area contributed by atoms with Gasteiger partial charge in [0.15, 0.2) is 20.7 Å². The van der Waals surface area contributed by atoms with Gasteiger partial charge in [0.2, 0.25) is 0 Å². The van der Waals surface area contributed by atoms with Crippen LogP contribution in [0.1, 0.15) is 11.1 Å². The molecule has 0 fully saturated rings. The molecule has 17 heteroatoms. The lowest BCUT2D eigenvalue weighted by Crippen LogP contribution is -2.16. The Morgan fingerprint density at radius 1 is 1.05 bits per heavy atom. The van der Waals surface area contributed by atoms with E-state index in [4.69, 9.17) is 33.3 Å². The van der Waals surface area contributed by atoms with E-state index in [9.17, 15) is 26.8 Å². The lowest BCUT2D eigenvalue weighted by molar-refractivity contribution is -0.134. The Hall–Kier alpha value is -2.42. The zero-order valence-corrected chi connectivity index (χ0v) is 26.5. The predicted octanol–water partition coefficient (Wildman–Crippen LogP) is 8.57. The molecule has 0 amide bonds. The number of benzene rings is 3. The van der Waals surface area contributed by atoms with Crippen LogP contribution in [0.4, 0.5) is 19.9 Å². The van der Waals surface area contributed by atoms with Crippen LogP contribution >= 0.6 is 58.1 Å². The Morgan fingerprint density at radius 3 is 2.33 bits per heavy atom. The summed E-state index contributed by atoms with van der Waals surface area (Å²) in [5.41, 5.74) is 2.78. The monoisotopic (exact) mass is 740 g/mol. The summed E-state index contributed by atoms with van der Waals surface area (Å²) in [6.45, 7) is 0.243. The van der Waals surface area contributed by atoms with E-state index in [1.165, 1.54) is 41.7 Å². The first-order valence-electron chi connectivity index (χ1n) is 11.5. The molecular formula is C25H18BrCl2F2N2O7PS2. The fourth-order valence-corrected chi connectivity index (χ4v) is 7.57. The van der Waals surface area contributed by atoms with Crippen molar-refractivity contribution in [1.82, 2.24) is 4.98 Å². The van der Waals surface area contributed by atoms with Crippen molar-refractivity contribution >= 4 is 84.7 Å². The third-order valence-electron chi connectivity index (χ3n) is 5.79. The van der Waals surface area contributed by atoms with Crippen LogP contribution < -0.4 is 4.90 Å². The van der Waals surface area contributed by atoms with Gasteiger partial charge >= 0.3 is 13.6 Å². The fourth-order valence-electron chi connectivity index (χ4n) is 3.79. The number of aromatic nitrogens is 1. The van der Waals surface area contributed by atoms with E-state index in [1.807, 2.05) is 4.90 Å². The average molecular weight is 742 g/mol. The zero-order chi connectivity index (χ0) is 30.7. The second kappa shape index (κ2) is 13.5. The van der Waals surface area contributed by atoms with E-state index in [-0.39, 0.29) is 17.0 Å². The molecule has 0 bridgehead atoms. The third-order valence-corrected chi connectivity index (χ3v) is 10.9. The molecule has 9 nitrogen and oxygen atoms in total. The van der Waals surface area contributed by atoms with Gasteiger partial charge in [0.25, 0.3) is 0 Å². The summed E-state index contributed by atoms with van der Waals surface area (Å²) >= 11 is 17.0. The number of anilines is 2. The second-order valence-corrected chi connectivity index (χ2v) is 15.0. The van der Waals surface area contributed by atoms with Gasteiger partial charge in [-0.3, -0.25) is 9.36 Å². The minimum atomic E-state index is -4.59. The van der Waals surface area contributed by atoms with Crippen molar-refractivity contribution in [2.75, 3.05) is 10.7 Å². The number of halogens is 5. The van der Waals surface area contributed by atoms with Crippen LogP contribution in [0.5, 0.6) is 0 Å². The normalized spacial score (nSPS) is 11.9. The number of carboxylic acids is 1. The largest absolute Gasteiger partial charge is 0.480 e. The van der Waals surface area contributed by atoms with Gasteiger partial charge in [-0.25, -0.2) is 13.4 Å². The molecular weight excluding hydrogens is 724 g/mol. The SMILES string of the molecule is O=C(O)CS(=O)(=O)c1ccc(-c2csc(N(Cc3ccc(CP(=O)(OF)OF)c(Br)c3)c3ccc(Cl)c(Cl)c3)n2)cc1. The fraction of sp³-hybridized carbons (Fsp3) is 0.120. The van der Waals surface area contributed by atoms with Crippen molar-refractivity contribution in [2.45, 2.75) is 17.6 Å². The first-order chi connectivity index (χ1) is 19.8. The number of thiazole rings is 1. The Balaban J connectivity index is 1.66. The van der Waals surface area contributed by atoms with Crippen LogP contribution in [0, 0.1) is 0 Å². The molecule has 1 heterocycles. The van der Waals surface area contributed by atoms with Crippen LogP contribution in [0.15, 0.2) is 75.4 Å². The number of sulfone groups is 1. The highest BCUT2D eigenvalue weighted by Gasteiger charge is 2.29. The second-order valence-electron chi connectivity index (χ2n) is 8.71. The van der Waals surface area contributed by atoms with Gasteiger partial charge in [0.05, 0.1) is 33.3 Å². The summed E-state index contributed by atoms with van der Waals surface area (Å²) in [4.78, 5) is 17.3. The number of nitrogens with zero attached hydrogens (tertiary/aromatic N) is 2. The Morgan fingerprint density at radius 2 is 1.74 bits per heavy atom. The molecule has 0 saturated carbocycles. The Kier molecular flexibility index (Phi) is 10.4. The highest BCUT2D eigenvalue weighted by molar-refractivity contribution is 9.10. The lowest BCUT2D eigenvalue weighted by atomic mass is 10.1. The summed E-state index contributed by atoms with van der Waals surface area (Å²) in [6, 6.07) is 15.6. The number of carbonyl (C=O) groups is 1. The molecule has 42 heavy (non-hydrogen) atoms. The number of hydrogen-bond donors (Lipinski definition) is 1. The molecule has 0 atom stereocenters. The van der Waals surface area contributed by atoms with Gasteiger partial charge in [-0.05, 0) is 56.6 Å². The van der Waals surface area contributed by atoms with E-state index >= 15 is 0 Å². The molecule has 0 radical (unpaired) electrons. The summed E-state index contributed by atoms with van der Waals surface area (Å²) in [5, 5.41) is 11.8. The maximum atomic E-state index is 12.6. The Bertz CT molecular complexity index is 1770. The third kappa shape index (κ3) is 7.74. The van der Waals surface area contributed by atoms with Crippen molar-refractivity contribution < 1.29 is 41.4 Å². The maximum Gasteiger partial charge on any atom is 0.399 e. The van der Waals surface area contributed by atoms with Crippen molar-refractivity contribution in [3.63, 3.8) is 0 Å². The van der Waals surface area contributed by atoms with Crippen LogP contribution in [-0.4, -0.2) is 30.2 Å². The summed E-state index contributed by atoms with van der Waals surface area (Å²) < 4.78 is 68.3. The highest BCUT2D eigenvalue weighted by atomic mass is 79.9. The molecule has 0 saturated heterocycles. The Labute approximate surface area is 261 Å². The van der Waals surface area contributed by atoms with Gasteiger partial charge in [-0.15, -0.1) is 20.8 Å². The van der Waals surface area contributed by atoms with Gasteiger partial charge in [-0.1, -0.05) is 63.4 Å². The average Bonchev–Trinajstić information content (AvgIpc) is 3.44.